The number of methoxy groups -OCH3 is 1. The van der Waals surface area contributed by atoms with E-state index in [9.17, 15) is 18.0 Å². The van der Waals surface area contributed by atoms with Crippen molar-refractivity contribution in [1.29, 1.82) is 0 Å². The molecule has 1 heterocycles. The highest BCUT2D eigenvalue weighted by molar-refractivity contribution is 5.87. The van der Waals surface area contributed by atoms with Gasteiger partial charge < -0.3 is 15.2 Å². The minimum absolute atomic E-state index is 0.280. The predicted molar refractivity (Wildman–Crippen MR) is 88.3 cm³/mol. The second-order valence-electron chi connectivity index (χ2n) is 5.03. The predicted octanol–water partition coefficient (Wildman–Crippen LogP) is 2.09. The topological polar surface area (TPSA) is 118 Å². The zero-order valence-corrected chi connectivity index (χ0v) is 14.7. The Morgan fingerprint density at radius 3 is 2.37 bits per heavy atom. The van der Waals surface area contributed by atoms with Crippen molar-refractivity contribution in [3.05, 3.63) is 35.7 Å². The molecule has 9 nitrogen and oxygen atoms in total. The number of aryl methyl sites for hydroxylation is 2. The van der Waals surface area contributed by atoms with Gasteiger partial charge in [-0.15, -0.1) is 5.10 Å². The number of hydrogen-bond donors (Lipinski definition) is 3. The third kappa shape index (κ3) is 7.22. The molecule has 27 heavy (non-hydrogen) atoms. The Bertz CT molecular complexity index is 772. The van der Waals surface area contributed by atoms with Gasteiger partial charge in [-0.3, -0.25) is 10.00 Å². The number of halogens is 3. The summed E-state index contributed by atoms with van der Waals surface area (Å²) in [7, 11) is 3.36. The molecule has 0 fully saturated rings. The molecule has 0 saturated carbocycles. The van der Waals surface area contributed by atoms with E-state index in [4.69, 9.17) is 14.6 Å². The van der Waals surface area contributed by atoms with Gasteiger partial charge in [0.2, 0.25) is 5.95 Å². The van der Waals surface area contributed by atoms with E-state index in [1.54, 1.807) is 18.8 Å². The number of carboxylic acids is 1. The minimum Gasteiger partial charge on any atom is -0.496 e. The molecule has 0 aliphatic heterocycles. The standard InChI is InChI=1S/C13H17N5O2.C2HF3O2/c1-9-15-12(17-18(9)2)16-13(19)14-8-10-6-4-5-7-11(10)20-3;3-2(4,5)1(6)7/h4-7H,8H2,1-3H3,(H2,14,16,17,19);(H,6,7). The molecule has 0 bridgehead atoms. The number of benzene rings is 1. The number of rotatable bonds is 4. The van der Waals surface area contributed by atoms with E-state index < -0.39 is 12.1 Å². The third-order valence-corrected chi connectivity index (χ3v) is 3.08. The number of nitrogens with zero attached hydrogens (tertiary/aromatic N) is 3. The van der Waals surface area contributed by atoms with Crippen LogP contribution in [0.4, 0.5) is 23.9 Å². The number of carbonyl (C=O) groups is 2. The molecule has 1 aromatic carbocycles. The van der Waals surface area contributed by atoms with Gasteiger partial charge in [0.1, 0.15) is 11.6 Å². The van der Waals surface area contributed by atoms with Crippen LogP contribution in [-0.4, -0.2) is 45.2 Å². The highest BCUT2D eigenvalue weighted by atomic mass is 19.4. The number of para-hydroxylation sites is 1. The smallest absolute Gasteiger partial charge is 0.490 e. The minimum atomic E-state index is -5.08. The van der Waals surface area contributed by atoms with E-state index in [2.05, 4.69) is 20.7 Å². The molecule has 2 rings (SSSR count). The van der Waals surface area contributed by atoms with Crippen LogP contribution in [0.3, 0.4) is 0 Å². The van der Waals surface area contributed by atoms with Crippen LogP contribution in [0.2, 0.25) is 0 Å². The lowest BCUT2D eigenvalue weighted by atomic mass is 10.2. The van der Waals surface area contributed by atoms with Gasteiger partial charge in [0.25, 0.3) is 0 Å². The molecular formula is C15H18F3N5O4. The summed E-state index contributed by atoms with van der Waals surface area (Å²) in [5.41, 5.74) is 0.898. The number of ether oxygens (including phenoxy) is 1. The van der Waals surface area contributed by atoms with E-state index in [-0.39, 0.29) is 12.0 Å². The largest absolute Gasteiger partial charge is 0.496 e. The Kier molecular flexibility index (Phi) is 7.57. The molecule has 0 radical (unpaired) electrons. The average molecular weight is 389 g/mol. The van der Waals surface area contributed by atoms with Crippen molar-refractivity contribution in [3.8, 4) is 5.75 Å². The first-order valence-corrected chi connectivity index (χ1v) is 7.39. The first-order chi connectivity index (χ1) is 12.5. The van der Waals surface area contributed by atoms with Crippen LogP contribution >= 0.6 is 0 Å². The summed E-state index contributed by atoms with van der Waals surface area (Å²) >= 11 is 0. The summed E-state index contributed by atoms with van der Waals surface area (Å²) in [6, 6.07) is 7.15. The Morgan fingerprint density at radius 2 is 1.89 bits per heavy atom. The molecular weight excluding hydrogens is 371 g/mol. The molecule has 1 aromatic heterocycles. The van der Waals surface area contributed by atoms with Crippen LogP contribution < -0.4 is 15.4 Å². The van der Waals surface area contributed by atoms with Gasteiger partial charge in [-0.2, -0.15) is 18.2 Å². The molecule has 0 aliphatic carbocycles. The van der Waals surface area contributed by atoms with Crippen molar-refractivity contribution in [2.24, 2.45) is 7.05 Å². The van der Waals surface area contributed by atoms with E-state index in [1.807, 2.05) is 31.2 Å². The number of carboxylic acid groups (broad SMARTS) is 1. The van der Waals surface area contributed by atoms with Gasteiger partial charge in [0, 0.05) is 19.2 Å². The van der Waals surface area contributed by atoms with Crippen LogP contribution in [0.25, 0.3) is 0 Å². The van der Waals surface area contributed by atoms with Crippen LogP contribution in [0, 0.1) is 6.92 Å². The third-order valence-electron chi connectivity index (χ3n) is 3.08. The van der Waals surface area contributed by atoms with Gasteiger partial charge in [0.15, 0.2) is 0 Å². The second-order valence-corrected chi connectivity index (χ2v) is 5.03. The monoisotopic (exact) mass is 389 g/mol. The van der Waals surface area contributed by atoms with Gasteiger partial charge in [-0.05, 0) is 13.0 Å². The SMILES string of the molecule is COc1ccccc1CNC(=O)Nc1nc(C)n(C)n1.O=C(O)C(F)(F)F. The second kappa shape index (κ2) is 9.40. The highest BCUT2D eigenvalue weighted by Crippen LogP contribution is 2.16. The van der Waals surface area contributed by atoms with Crippen molar-refractivity contribution >= 4 is 17.9 Å². The molecule has 2 amide bonds. The molecule has 148 valence electrons. The maximum Gasteiger partial charge on any atom is 0.490 e. The highest BCUT2D eigenvalue weighted by Gasteiger charge is 2.38. The summed E-state index contributed by atoms with van der Waals surface area (Å²) in [5, 5.41) is 16.5. The molecule has 12 heteroatoms. The molecule has 0 spiro atoms. The summed E-state index contributed by atoms with van der Waals surface area (Å²) in [6.07, 6.45) is -5.08. The number of hydrogen-bond acceptors (Lipinski definition) is 5. The normalized spacial score (nSPS) is 10.4. The number of aliphatic carboxylic acids is 1. The maximum absolute atomic E-state index is 11.8. The van der Waals surface area contributed by atoms with Gasteiger partial charge in [-0.1, -0.05) is 18.2 Å². The van der Waals surface area contributed by atoms with Gasteiger partial charge >= 0.3 is 18.2 Å². The Morgan fingerprint density at radius 1 is 1.30 bits per heavy atom. The zero-order chi connectivity index (χ0) is 20.6. The molecule has 0 saturated heterocycles. The van der Waals surface area contributed by atoms with E-state index in [0.717, 1.165) is 17.1 Å². The van der Waals surface area contributed by atoms with Crippen molar-refractivity contribution in [2.45, 2.75) is 19.6 Å². The van der Waals surface area contributed by atoms with Crippen molar-refractivity contribution in [3.63, 3.8) is 0 Å². The van der Waals surface area contributed by atoms with Crippen molar-refractivity contribution in [2.75, 3.05) is 12.4 Å². The Labute approximate surface area is 152 Å². The number of nitrogens with one attached hydrogen (secondary N) is 2. The number of carbonyl (C=O) groups excluding carboxylic acids is 1. The summed E-state index contributed by atoms with van der Waals surface area (Å²) < 4.78 is 38.5. The number of anilines is 1. The zero-order valence-electron chi connectivity index (χ0n) is 14.7. The lowest BCUT2D eigenvalue weighted by Gasteiger charge is -2.09. The lowest BCUT2D eigenvalue weighted by molar-refractivity contribution is -0.192. The first-order valence-electron chi connectivity index (χ1n) is 7.39. The Balaban J connectivity index is 0.000000445. The van der Waals surface area contributed by atoms with Crippen LogP contribution in [0.15, 0.2) is 24.3 Å². The van der Waals surface area contributed by atoms with Crippen LogP contribution in [0.1, 0.15) is 11.4 Å². The number of aromatic nitrogens is 3. The van der Waals surface area contributed by atoms with Gasteiger partial charge in [-0.25, -0.2) is 9.59 Å². The molecule has 0 unspecified atom stereocenters. The summed E-state index contributed by atoms with van der Waals surface area (Å²) in [6.45, 7) is 2.17. The molecule has 3 N–H and O–H groups in total. The van der Waals surface area contributed by atoms with E-state index >= 15 is 0 Å². The van der Waals surface area contributed by atoms with Crippen molar-refractivity contribution in [1.82, 2.24) is 20.1 Å². The van der Waals surface area contributed by atoms with E-state index in [1.165, 1.54) is 0 Å². The summed E-state index contributed by atoms with van der Waals surface area (Å²) in [4.78, 5) is 24.7. The van der Waals surface area contributed by atoms with Crippen molar-refractivity contribution < 1.29 is 32.6 Å². The lowest BCUT2D eigenvalue weighted by Crippen LogP contribution is -2.28. The van der Waals surface area contributed by atoms with Crippen LogP contribution in [0.5, 0.6) is 5.75 Å². The number of urea groups is 1. The fourth-order valence-electron chi connectivity index (χ4n) is 1.69. The molecule has 0 atom stereocenters. The average Bonchev–Trinajstić information content (AvgIpc) is 2.90. The summed E-state index contributed by atoms with van der Waals surface area (Å²) in [5.74, 6) is -1.01. The number of alkyl halides is 3. The fraction of sp³-hybridized carbons (Fsp3) is 0.333. The molecule has 0 aliphatic rings. The first kappa shape index (κ1) is 21.7. The quantitative estimate of drug-likeness (QED) is 0.737. The van der Waals surface area contributed by atoms with Crippen LogP contribution in [-0.2, 0) is 18.4 Å². The van der Waals surface area contributed by atoms with Gasteiger partial charge in [0.05, 0.1) is 7.11 Å². The maximum atomic E-state index is 11.8. The number of amides is 2. The Hall–Kier alpha value is -3.31. The molecule has 2 aromatic rings. The van der Waals surface area contributed by atoms with E-state index in [0.29, 0.717) is 6.54 Å². The fourth-order valence-corrected chi connectivity index (χ4v) is 1.69.